The van der Waals surface area contributed by atoms with Gasteiger partial charge in [0.15, 0.2) is 0 Å². The van der Waals surface area contributed by atoms with Crippen LogP contribution in [0.5, 0.6) is 0 Å². The third-order valence-corrected chi connectivity index (χ3v) is 7.77. The normalized spacial score (nSPS) is 16.1. The van der Waals surface area contributed by atoms with E-state index in [1.165, 1.54) is 5.56 Å². The Hall–Kier alpha value is -2.49. The number of rotatable bonds is 6. The molecule has 31 heavy (non-hydrogen) atoms. The zero-order chi connectivity index (χ0) is 22.2. The first-order chi connectivity index (χ1) is 14.8. The van der Waals surface area contributed by atoms with Crippen molar-refractivity contribution in [3.63, 3.8) is 0 Å². The van der Waals surface area contributed by atoms with Crippen LogP contribution in [0.25, 0.3) is 11.5 Å². The van der Waals surface area contributed by atoms with Crippen LogP contribution in [-0.2, 0) is 23.6 Å². The van der Waals surface area contributed by atoms with Crippen LogP contribution in [0, 0.1) is 20.8 Å². The van der Waals surface area contributed by atoms with Gasteiger partial charge in [0.05, 0.1) is 5.56 Å². The summed E-state index contributed by atoms with van der Waals surface area (Å²) in [5.74, 6) is 0.634. The fourth-order valence-corrected chi connectivity index (χ4v) is 6.05. The summed E-state index contributed by atoms with van der Waals surface area (Å²) in [7, 11) is -1.91. The van der Waals surface area contributed by atoms with Crippen LogP contribution in [0.2, 0.25) is 0 Å². The molecule has 0 bridgehead atoms. The lowest BCUT2D eigenvalue weighted by atomic mass is 10.1. The van der Waals surface area contributed by atoms with Crippen molar-refractivity contribution in [3.8, 4) is 11.5 Å². The molecule has 1 aliphatic heterocycles. The van der Waals surface area contributed by atoms with Crippen LogP contribution < -0.4 is 4.72 Å². The van der Waals surface area contributed by atoms with Gasteiger partial charge in [-0.2, -0.15) is 0 Å². The number of nitrogens with one attached hydrogen (secondary N) is 1. The van der Waals surface area contributed by atoms with Crippen molar-refractivity contribution in [2.45, 2.75) is 51.1 Å². The van der Waals surface area contributed by atoms with Gasteiger partial charge < -0.3 is 8.98 Å². The summed E-state index contributed by atoms with van der Waals surface area (Å²) in [5, 5.41) is 7.95. The molecule has 0 spiro atoms. The highest BCUT2D eigenvalue weighted by Crippen LogP contribution is 2.34. The Balaban J connectivity index is 1.51. The molecule has 3 heterocycles. The van der Waals surface area contributed by atoms with E-state index in [1.807, 2.05) is 36.7 Å². The number of nitrogens with zero attached hydrogens (tertiary/aromatic N) is 4. The second kappa shape index (κ2) is 8.57. The molecule has 0 atom stereocenters. The molecule has 4 rings (SSSR count). The molecule has 1 saturated heterocycles. The average molecular weight is 444 g/mol. The Morgan fingerprint density at radius 1 is 1.06 bits per heavy atom. The first-order valence-corrected chi connectivity index (χ1v) is 12.0. The average Bonchev–Trinajstić information content (AvgIpc) is 3.26. The number of aryl methyl sites for hydroxylation is 1. The molecule has 0 radical (unpaired) electrons. The number of hydrogen-bond donors (Lipinski definition) is 1. The molecule has 1 fully saturated rings. The third kappa shape index (κ3) is 4.44. The monoisotopic (exact) mass is 443 g/mol. The van der Waals surface area contributed by atoms with E-state index in [2.05, 4.69) is 32.0 Å². The van der Waals surface area contributed by atoms with Crippen molar-refractivity contribution in [2.75, 3.05) is 13.1 Å². The Morgan fingerprint density at radius 2 is 1.74 bits per heavy atom. The minimum Gasteiger partial charge on any atom is -0.421 e. The van der Waals surface area contributed by atoms with E-state index in [0.29, 0.717) is 17.1 Å². The first-order valence-electron chi connectivity index (χ1n) is 10.5. The van der Waals surface area contributed by atoms with E-state index in [9.17, 15) is 8.42 Å². The van der Waals surface area contributed by atoms with E-state index in [0.717, 1.165) is 38.2 Å². The maximum absolute atomic E-state index is 13.4. The summed E-state index contributed by atoms with van der Waals surface area (Å²) in [5.41, 5.74) is 3.18. The third-order valence-electron chi connectivity index (χ3n) is 6.09. The van der Waals surface area contributed by atoms with Gasteiger partial charge in [-0.15, -0.1) is 10.2 Å². The van der Waals surface area contributed by atoms with Gasteiger partial charge in [-0.25, -0.2) is 13.1 Å². The summed E-state index contributed by atoms with van der Waals surface area (Å²) < 4.78 is 37.2. The molecular formula is C22H29N5O3S. The number of aromatic nitrogens is 3. The SMILES string of the molecule is Cc1nnc(-c2c(S(=O)(=O)NC3CCN(Cc4ccccc4)CC3)c(C)n(C)c2C)o1. The Kier molecular flexibility index (Phi) is 6.00. The molecule has 0 saturated carbocycles. The molecule has 2 aromatic heterocycles. The molecule has 8 nitrogen and oxygen atoms in total. The standard InChI is InChI=1S/C22H29N5O3S/c1-15-20(22-24-23-17(3)30-22)21(16(2)26(15)4)31(28,29)25-19-10-12-27(13-11-19)14-18-8-6-5-7-9-18/h5-9,19,25H,10-14H2,1-4H3. The zero-order valence-electron chi connectivity index (χ0n) is 18.4. The van der Waals surface area contributed by atoms with Gasteiger partial charge in [0.1, 0.15) is 4.90 Å². The minimum atomic E-state index is -3.76. The van der Waals surface area contributed by atoms with Gasteiger partial charge in [0, 0.05) is 51.0 Å². The van der Waals surface area contributed by atoms with Crippen LogP contribution in [0.1, 0.15) is 35.7 Å². The van der Waals surface area contributed by atoms with Crippen LogP contribution >= 0.6 is 0 Å². The lowest BCUT2D eigenvalue weighted by Crippen LogP contribution is -2.44. The smallest absolute Gasteiger partial charge is 0.250 e. The Morgan fingerprint density at radius 3 is 2.35 bits per heavy atom. The van der Waals surface area contributed by atoms with Crippen molar-refractivity contribution in [1.82, 2.24) is 24.4 Å². The summed E-state index contributed by atoms with van der Waals surface area (Å²) >= 11 is 0. The second-order valence-corrected chi connectivity index (χ2v) is 9.87. The Bertz CT molecular complexity index is 1160. The van der Waals surface area contributed by atoms with E-state index in [4.69, 9.17) is 4.42 Å². The maximum atomic E-state index is 13.4. The Labute approximate surface area is 183 Å². The lowest BCUT2D eigenvalue weighted by molar-refractivity contribution is 0.200. The topological polar surface area (TPSA) is 93.3 Å². The van der Waals surface area contributed by atoms with E-state index < -0.39 is 10.0 Å². The van der Waals surface area contributed by atoms with Gasteiger partial charge in [-0.1, -0.05) is 30.3 Å². The predicted octanol–water partition coefficient (Wildman–Crippen LogP) is 2.94. The predicted molar refractivity (Wildman–Crippen MR) is 118 cm³/mol. The van der Waals surface area contributed by atoms with Crippen molar-refractivity contribution in [2.24, 2.45) is 7.05 Å². The van der Waals surface area contributed by atoms with Crippen LogP contribution in [0.3, 0.4) is 0 Å². The molecule has 1 aromatic carbocycles. The van der Waals surface area contributed by atoms with Crippen LogP contribution in [0.15, 0.2) is 39.6 Å². The van der Waals surface area contributed by atoms with E-state index >= 15 is 0 Å². The summed E-state index contributed by atoms with van der Waals surface area (Å²) in [6.07, 6.45) is 1.54. The molecule has 0 aliphatic carbocycles. The molecule has 0 unspecified atom stereocenters. The van der Waals surface area contributed by atoms with Crippen LogP contribution in [0.4, 0.5) is 0 Å². The van der Waals surface area contributed by atoms with Gasteiger partial charge in [0.2, 0.25) is 15.9 Å². The van der Waals surface area contributed by atoms with Crippen molar-refractivity contribution in [1.29, 1.82) is 0 Å². The molecular weight excluding hydrogens is 414 g/mol. The van der Waals surface area contributed by atoms with Gasteiger partial charge >= 0.3 is 0 Å². The molecule has 1 N–H and O–H groups in total. The summed E-state index contributed by atoms with van der Waals surface area (Å²) in [6, 6.07) is 10.2. The number of sulfonamides is 1. The van der Waals surface area contributed by atoms with Crippen molar-refractivity contribution >= 4 is 10.0 Å². The van der Waals surface area contributed by atoms with Crippen LogP contribution in [-0.4, -0.2) is 47.2 Å². The lowest BCUT2D eigenvalue weighted by Gasteiger charge is -2.32. The number of likely N-dealkylation sites (tertiary alicyclic amines) is 1. The van der Waals surface area contributed by atoms with Gasteiger partial charge in [-0.05, 0) is 32.3 Å². The van der Waals surface area contributed by atoms with Crippen molar-refractivity contribution < 1.29 is 12.8 Å². The number of piperidine rings is 1. The van der Waals surface area contributed by atoms with E-state index in [1.54, 1.807) is 13.8 Å². The number of benzene rings is 1. The van der Waals surface area contributed by atoms with Gasteiger partial charge in [0.25, 0.3) is 5.89 Å². The first kappa shape index (κ1) is 21.7. The highest BCUT2D eigenvalue weighted by atomic mass is 32.2. The molecule has 166 valence electrons. The molecule has 1 aliphatic rings. The highest BCUT2D eigenvalue weighted by Gasteiger charge is 2.33. The largest absolute Gasteiger partial charge is 0.421 e. The quantitative estimate of drug-likeness (QED) is 0.630. The van der Waals surface area contributed by atoms with Gasteiger partial charge in [-0.3, -0.25) is 4.90 Å². The fourth-order valence-electron chi connectivity index (χ4n) is 4.22. The minimum absolute atomic E-state index is 0.103. The molecule has 3 aromatic rings. The molecule has 9 heteroatoms. The summed E-state index contributed by atoms with van der Waals surface area (Å²) in [6.45, 7) is 7.95. The molecule has 0 amide bonds. The fraction of sp³-hybridized carbons (Fsp3) is 0.455. The van der Waals surface area contributed by atoms with Crippen molar-refractivity contribution in [3.05, 3.63) is 53.2 Å². The second-order valence-electron chi connectivity index (χ2n) is 8.22. The highest BCUT2D eigenvalue weighted by molar-refractivity contribution is 7.89. The summed E-state index contributed by atoms with van der Waals surface area (Å²) in [4.78, 5) is 2.59. The maximum Gasteiger partial charge on any atom is 0.250 e. The zero-order valence-corrected chi connectivity index (χ0v) is 19.2. The number of hydrogen-bond acceptors (Lipinski definition) is 6. The van der Waals surface area contributed by atoms with E-state index in [-0.39, 0.29) is 16.8 Å².